The summed E-state index contributed by atoms with van der Waals surface area (Å²) >= 11 is 0. The van der Waals surface area contributed by atoms with Crippen molar-refractivity contribution in [1.29, 1.82) is 0 Å². The first-order valence-corrected chi connectivity index (χ1v) is 6.12. The molecule has 0 bridgehead atoms. The van der Waals surface area contributed by atoms with Gasteiger partial charge in [-0.15, -0.1) is 0 Å². The summed E-state index contributed by atoms with van der Waals surface area (Å²) in [6, 6.07) is 5.30. The molecule has 1 saturated heterocycles. The third-order valence-electron chi connectivity index (χ3n) is 2.95. The topological polar surface area (TPSA) is 70.6 Å². The maximum Gasteiger partial charge on any atom is 0.230 e. The molecule has 1 amide bonds. The largest absolute Gasteiger partial charge is 0.494 e. The van der Waals surface area contributed by atoms with Crippen LogP contribution in [0.5, 0.6) is 5.75 Å². The van der Waals surface area contributed by atoms with Crippen molar-refractivity contribution in [1.82, 2.24) is 5.32 Å². The van der Waals surface area contributed by atoms with Crippen molar-refractivity contribution in [2.75, 3.05) is 25.0 Å². The van der Waals surface area contributed by atoms with Crippen molar-refractivity contribution >= 4 is 11.6 Å². The molecule has 3 N–H and O–H groups in total. The lowest BCUT2D eigenvalue weighted by Crippen LogP contribution is -2.48. The van der Waals surface area contributed by atoms with Crippen molar-refractivity contribution < 1.29 is 14.6 Å². The number of anilines is 1. The predicted octanol–water partition coefficient (Wildman–Crippen LogP) is 0.736. The monoisotopic (exact) mass is 250 g/mol. The molecule has 5 heteroatoms. The Morgan fingerprint density at radius 2 is 2.33 bits per heavy atom. The number of amides is 1. The van der Waals surface area contributed by atoms with E-state index in [0.29, 0.717) is 23.6 Å². The molecular weight excluding hydrogens is 232 g/mol. The van der Waals surface area contributed by atoms with Gasteiger partial charge in [-0.2, -0.15) is 0 Å². The molecule has 0 radical (unpaired) electrons. The summed E-state index contributed by atoms with van der Waals surface area (Å²) in [7, 11) is 0. The van der Waals surface area contributed by atoms with Crippen LogP contribution in [-0.2, 0) is 11.4 Å². The molecule has 5 nitrogen and oxygen atoms in total. The number of hydrogen-bond donors (Lipinski definition) is 3. The Morgan fingerprint density at radius 1 is 1.56 bits per heavy atom. The molecule has 1 heterocycles. The minimum absolute atomic E-state index is 0.0156. The molecule has 1 aromatic rings. The Labute approximate surface area is 106 Å². The lowest BCUT2D eigenvalue weighted by molar-refractivity contribution is -0.121. The Kier molecular flexibility index (Phi) is 4.17. The van der Waals surface area contributed by atoms with E-state index in [1.807, 2.05) is 6.92 Å². The number of rotatable bonds is 5. The normalized spacial score (nSPS) is 15.0. The molecule has 98 valence electrons. The zero-order chi connectivity index (χ0) is 13.0. The van der Waals surface area contributed by atoms with E-state index in [2.05, 4.69) is 10.6 Å². The van der Waals surface area contributed by atoms with Crippen molar-refractivity contribution in [3.8, 4) is 5.75 Å². The number of nitrogens with one attached hydrogen (secondary N) is 2. The number of carbonyl (C=O) groups is 1. The van der Waals surface area contributed by atoms with Crippen LogP contribution in [0.3, 0.4) is 0 Å². The Balaban J connectivity index is 2.06. The molecule has 0 unspecified atom stereocenters. The first-order valence-electron chi connectivity index (χ1n) is 6.12. The summed E-state index contributed by atoms with van der Waals surface area (Å²) in [6.45, 7) is 3.79. The first kappa shape index (κ1) is 12.9. The smallest absolute Gasteiger partial charge is 0.230 e. The first-order chi connectivity index (χ1) is 8.74. The predicted molar refractivity (Wildman–Crippen MR) is 68.5 cm³/mol. The molecule has 0 aliphatic carbocycles. The molecule has 2 rings (SSSR count). The lowest BCUT2D eigenvalue weighted by Gasteiger charge is -2.25. The minimum Gasteiger partial charge on any atom is -0.494 e. The van der Waals surface area contributed by atoms with E-state index in [1.54, 1.807) is 18.2 Å². The van der Waals surface area contributed by atoms with Gasteiger partial charge in [0, 0.05) is 24.3 Å². The van der Waals surface area contributed by atoms with Gasteiger partial charge in [-0.05, 0) is 25.1 Å². The van der Waals surface area contributed by atoms with E-state index in [-0.39, 0.29) is 18.4 Å². The molecule has 1 aliphatic heterocycles. The fourth-order valence-electron chi connectivity index (χ4n) is 1.80. The zero-order valence-electron chi connectivity index (χ0n) is 10.4. The number of aliphatic hydroxyl groups excluding tert-OH is 1. The second kappa shape index (κ2) is 5.84. The van der Waals surface area contributed by atoms with Gasteiger partial charge in [-0.1, -0.05) is 0 Å². The summed E-state index contributed by atoms with van der Waals surface area (Å²) < 4.78 is 5.38. The Hall–Kier alpha value is -1.59. The van der Waals surface area contributed by atoms with Crippen molar-refractivity contribution in [2.24, 2.45) is 5.92 Å². The number of carbonyl (C=O) groups excluding carboxylic acids is 1. The number of hydrogen-bond acceptors (Lipinski definition) is 4. The van der Waals surface area contributed by atoms with Crippen LogP contribution in [0.2, 0.25) is 0 Å². The maximum absolute atomic E-state index is 11.8. The quantitative estimate of drug-likeness (QED) is 0.720. The fraction of sp³-hybridized carbons (Fsp3) is 0.462. The van der Waals surface area contributed by atoms with E-state index in [1.165, 1.54) is 0 Å². The summed E-state index contributed by atoms with van der Waals surface area (Å²) in [4.78, 5) is 11.8. The average molecular weight is 250 g/mol. The van der Waals surface area contributed by atoms with Gasteiger partial charge in [-0.25, -0.2) is 0 Å². The summed E-state index contributed by atoms with van der Waals surface area (Å²) in [5.41, 5.74) is 1.38. The zero-order valence-corrected chi connectivity index (χ0v) is 10.4. The lowest BCUT2D eigenvalue weighted by atomic mass is 10.0. The second-order valence-corrected chi connectivity index (χ2v) is 4.26. The standard InChI is InChI=1S/C13H18N2O3/c1-2-18-12-4-3-11(5-9(12)8-16)15-13(17)10-6-14-7-10/h3-5,10,14,16H,2,6-8H2,1H3,(H,15,17). The van der Waals surface area contributed by atoms with E-state index >= 15 is 0 Å². The number of benzene rings is 1. The SMILES string of the molecule is CCOc1ccc(NC(=O)C2CNC2)cc1CO. The average Bonchev–Trinajstić information content (AvgIpc) is 2.29. The summed E-state index contributed by atoms with van der Waals surface area (Å²) in [5.74, 6) is 0.722. The molecule has 1 aromatic carbocycles. The van der Waals surface area contributed by atoms with Crippen LogP contribution in [0, 0.1) is 5.92 Å². The summed E-state index contributed by atoms with van der Waals surface area (Å²) in [5, 5.41) is 15.2. The Bertz CT molecular complexity index is 430. The van der Waals surface area contributed by atoms with Gasteiger partial charge in [0.15, 0.2) is 0 Å². The minimum atomic E-state index is -0.107. The van der Waals surface area contributed by atoms with E-state index in [0.717, 1.165) is 13.1 Å². The summed E-state index contributed by atoms with van der Waals surface area (Å²) in [6.07, 6.45) is 0. The van der Waals surface area contributed by atoms with Gasteiger partial charge >= 0.3 is 0 Å². The van der Waals surface area contributed by atoms with Crippen LogP contribution in [0.15, 0.2) is 18.2 Å². The van der Waals surface area contributed by atoms with Crippen LogP contribution < -0.4 is 15.4 Å². The molecule has 0 aromatic heterocycles. The van der Waals surface area contributed by atoms with Crippen LogP contribution in [0.1, 0.15) is 12.5 Å². The van der Waals surface area contributed by atoms with Gasteiger partial charge < -0.3 is 20.5 Å². The van der Waals surface area contributed by atoms with Crippen LogP contribution in [-0.4, -0.2) is 30.7 Å². The van der Waals surface area contributed by atoms with Gasteiger partial charge in [0.05, 0.1) is 19.1 Å². The number of aliphatic hydroxyl groups is 1. The molecule has 0 atom stereocenters. The van der Waals surface area contributed by atoms with Crippen molar-refractivity contribution in [3.63, 3.8) is 0 Å². The molecule has 0 saturated carbocycles. The van der Waals surface area contributed by atoms with Crippen molar-refractivity contribution in [3.05, 3.63) is 23.8 Å². The van der Waals surface area contributed by atoms with Gasteiger partial charge in [0.2, 0.25) is 5.91 Å². The third kappa shape index (κ3) is 2.80. The fourth-order valence-corrected chi connectivity index (χ4v) is 1.80. The van der Waals surface area contributed by atoms with E-state index in [4.69, 9.17) is 4.74 Å². The maximum atomic E-state index is 11.8. The molecular formula is C13H18N2O3. The highest BCUT2D eigenvalue weighted by Gasteiger charge is 2.24. The van der Waals surface area contributed by atoms with Gasteiger partial charge in [0.1, 0.15) is 5.75 Å². The Morgan fingerprint density at radius 3 is 2.89 bits per heavy atom. The second-order valence-electron chi connectivity index (χ2n) is 4.26. The van der Waals surface area contributed by atoms with Gasteiger partial charge in [-0.3, -0.25) is 4.79 Å². The van der Waals surface area contributed by atoms with Crippen LogP contribution in [0.25, 0.3) is 0 Å². The highest BCUT2D eigenvalue weighted by Crippen LogP contribution is 2.23. The van der Waals surface area contributed by atoms with E-state index in [9.17, 15) is 9.90 Å². The third-order valence-corrected chi connectivity index (χ3v) is 2.95. The van der Waals surface area contributed by atoms with Crippen molar-refractivity contribution in [2.45, 2.75) is 13.5 Å². The molecule has 1 aliphatic rings. The highest BCUT2D eigenvalue weighted by atomic mass is 16.5. The molecule has 0 spiro atoms. The highest BCUT2D eigenvalue weighted by molar-refractivity contribution is 5.93. The van der Waals surface area contributed by atoms with Gasteiger partial charge in [0.25, 0.3) is 0 Å². The van der Waals surface area contributed by atoms with Crippen LogP contribution >= 0.6 is 0 Å². The molecule has 18 heavy (non-hydrogen) atoms. The van der Waals surface area contributed by atoms with Crippen LogP contribution in [0.4, 0.5) is 5.69 Å². The molecule has 1 fully saturated rings. The number of ether oxygens (including phenoxy) is 1. The van der Waals surface area contributed by atoms with E-state index < -0.39 is 0 Å².